The number of rotatable bonds is 6. The zero-order valence-electron chi connectivity index (χ0n) is 17.0. The van der Waals surface area contributed by atoms with Crippen LogP contribution in [0.15, 0.2) is 36.4 Å². The molecule has 1 N–H and O–H groups in total. The van der Waals surface area contributed by atoms with Crippen LogP contribution in [0.4, 0.5) is 0 Å². The van der Waals surface area contributed by atoms with Gasteiger partial charge >= 0.3 is 0 Å². The minimum absolute atomic E-state index is 0.0226. The molecule has 0 saturated carbocycles. The van der Waals surface area contributed by atoms with Gasteiger partial charge in [-0.1, -0.05) is 37.3 Å². The molecule has 3 heteroatoms. The van der Waals surface area contributed by atoms with Gasteiger partial charge in [0.15, 0.2) is 6.10 Å². The number of hydrogen-bond acceptors (Lipinski definition) is 2. The summed E-state index contributed by atoms with van der Waals surface area (Å²) in [5.74, 6) is 0.708. The fourth-order valence-electron chi connectivity index (χ4n) is 3.78. The Balaban J connectivity index is 1.68. The second-order valence-corrected chi connectivity index (χ2v) is 7.66. The maximum absolute atomic E-state index is 12.7. The maximum atomic E-state index is 12.7. The van der Waals surface area contributed by atoms with E-state index in [1.54, 1.807) is 0 Å². The molecule has 27 heavy (non-hydrogen) atoms. The van der Waals surface area contributed by atoms with Crippen molar-refractivity contribution >= 4 is 5.91 Å². The lowest BCUT2D eigenvalue weighted by molar-refractivity contribution is -0.128. The first-order valence-electron chi connectivity index (χ1n) is 10.1. The first kappa shape index (κ1) is 19.5. The molecular formula is C24H31NO2. The van der Waals surface area contributed by atoms with Gasteiger partial charge in [0.05, 0.1) is 6.04 Å². The van der Waals surface area contributed by atoms with Gasteiger partial charge in [-0.2, -0.15) is 0 Å². The lowest BCUT2D eigenvalue weighted by Crippen LogP contribution is -2.38. The number of benzene rings is 2. The minimum atomic E-state index is -0.530. The highest BCUT2D eigenvalue weighted by Crippen LogP contribution is 2.26. The van der Waals surface area contributed by atoms with Crippen LogP contribution < -0.4 is 10.1 Å². The van der Waals surface area contributed by atoms with E-state index in [1.165, 1.54) is 41.5 Å². The maximum Gasteiger partial charge on any atom is 0.261 e. The number of ether oxygens (including phenoxy) is 1. The van der Waals surface area contributed by atoms with E-state index in [9.17, 15) is 4.79 Å². The van der Waals surface area contributed by atoms with Crippen LogP contribution in [0.2, 0.25) is 0 Å². The largest absolute Gasteiger partial charge is 0.481 e. The SMILES string of the molecule is CC[C@@H](NC(=O)[C@H](C)Oc1cccc(C)c1C)c1ccc2c(c1)CCCC2. The van der Waals surface area contributed by atoms with Crippen molar-refractivity contribution in [3.05, 3.63) is 64.2 Å². The van der Waals surface area contributed by atoms with Crippen LogP contribution in [-0.2, 0) is 17.6 Å². The molecule has 2 aromatic rings. The summed E-state index contributed by atoms with van der Waals surface area (Å²) < 4.78 is 5.95. The average molecular weight is 366 g/mol. The van der Waals surface area contributed by atoms with Crippen LogP contribution in [-0.4, -0.2) is 12.0 Å². The van der Waals surface area contributed by atoms with Crippen molar-refractivity contribution in [2.45, 2.75) is 71.9 Å². The van der Waals surface area contributed by atoms with Crippen molar-refractivity contribution in [3.8, 4) is 5.75 Å². The Hall–Kier alpha value is -2.29. The van der Waals surface area contributed by atoms with E-state index in [0.29, 0.717) is 0 Å². The van der Waals surface area contributed by atoms with Gasteiger partial charge in [0.1, 0.15) is 5.75 Å². The van der Waals surface area contributed by atoms with Crippen molar-refractivity contribution in [2.24, 2.45) is 0 Å². The Bertz CT molecular complexity index is 812. The third kappa shape index (κ3) is 4.52. The monoisotopic (exact) mass is 365 g/mol. The molecule has 1 amide bonds. The van der Waals surface area contributed by atoms with Crippen LogP contribution in [0.25, 0.3) is 0 Å². The molecule has 3 rings (SSSR count). The molecular weight excluding hydrogens is 334 g/mol. The Morgan fingerprint density at radius 3 is 2.59 bits per heavy atom. The Kier molecular flexibility index (Phi) is 6.20. The van der Waals surface area contributed by atoms with Gasteiger partial charge in [0.25, 0.3) is 5.91 Å². The van der Waals surface area contributed by atoms with Gasteiger partial charge in [-0.3, -0.25) is 4.79 Å². The van der Waals surface area contributed by atoms with Crippen molar-refractivity contribution < 1.29 is 9.53 Å². The molecule has 0 aromatic heterocycles. The molecule has 0 spiro atoms. The highest BCUT2D eigenvalue weighted by Gasteiger charge is 2.21. The summed E-state index contributed by atoms with van der Waals surface area (Å²) in [5.41, 5.74) is 6.37. The van der Waals surface area contributed by atoms with Crippen LogP contribution in [0.5, 0.6) is 5.75 Å². The van der Waals surface area contributed by atoms with Gasteiger partial charge in [-0.05, 0) is 86.8 Å². The number of carbonyl (C=O) groups excluding carboxylic acids is 1. The van der Waals surface area contributed by atoms with Crippen LogP contribution in [0.3, 0.4) is 0 Å². The molecule has 0 saturated heterocycles. The number of hydrogen-bond donors (Lipinski definition) is 1. The first-order valence-corrected chi connectivity index (χ1v) is 10.1. The summed E-state index contributed by atoms with van der Waals surface area (Å²) in [5, 5.41) is 3.18. The second-order valence-electron chi connectivity index (χ2n) is 7.66. The lowest BCUT2D eigenvalue weighted by atomic mass is 9.89. The summed E-state index contributed by atoms with van der Waals surface area (Å²) in [6.45, 7) is 8.00. The van der Waals surface area contributed by atoms with E-state index >= 15 is 0 Å². The van der Waals surface area contributed by atoms with Gasteiger partial charge in [-0.25, -0.2) is 0 Å². The van der Waals surface area contributed by atoms with Crippen molar-refractivity contribution in [2.75, 3.05) is 0 Å². The molecule has 144 valence electrons. The molecule has 0 unspecified atom stereocenters. The third-order valence-corrected chi connectivity index (χ3v) is 5.73. The van der Waals surface area contributed by atoms with Gasteiger partial charge < -0.3 is 10.1 Å². The van der Waals surface area contributed by atoms with Gasteiger partial charge in [-0.15, -0.1) is 0 Å². The van der Waals surface area contributed by atoms with Gasteiger partial charge in [0, 0.05) is 0 Å². The van der Waals surface area contributed by atoms with E-state index in [4.69, 9.17) is 4.74 Å². The molecule has 1 aliphatic carbocycles. The normalized spacial score (nSPS) is 15.6. The number of carbonyl (C=O) groups is 1. The standard InChI is InChI=1S/C24H31NO2/c1-5-22(21-14-13-19-10-6-7-11-20(19)15-21)25-24(26)18(4)27-23-12-8-9-16(2)17(23)3/h8-9,12-15,18,22H,5-7,10-11H2,1-4H3,(H,25,26)/t18-,22+/m0/s1. The van der Waals surface area contributed by atoms with Crippen molar-refractivity contribution in [3.63, 3.8) is 0 Å². The smallest absolute Gasteiger partial charge is 0.261 e. The van der Waals surface area contributed by atoms with Crippen LogP contribution in [0.1, 0.15) is 67.0 Å². The Labute approximate surface area is 163 Å². The van der Waals surface area contributed by atoms with Crippen molar-refractivity contribution in [1.29, 1.82) is 0 Å². The highest BCUT2D eigenvalue weighted by atomic mass is 16.5. The summed E-state index contributed by atoms with van der Waals surface area (Å²) in [6, 6.07) is 12.7. The highest BCUT2D eigenvalue weighted by molar-refractivity contribution is 5.81. The minimum Gasteiger partial charge on any atom is -0.481 e. The molecule has 2 aromatic carbocycles. The molecule has 0 heterocycles. The summed E-state index contributed by atoms with van der Waals surface area (Å²) in [6.07, 6.45) is 5.21. The molecule has 3 nitrogen and oxygen atoms in total. The zero-order valence-corrected chi connectivity index (χ0v) is 17.0. The number of fused-ring (bicyclic) bond motifs is 1. The topological polar surface area (TPSA) is 38.3 Å². The third-order valence-electron chi connectivity index (χ3n) is 5.73. The summed E-state index contributed by atoms with van der Waals surface area (Å²) >= 11 is 0. The Morgan fingerprint density at radius 1 is 1.11 bits per heavy atom. The van der Waals surface area contributed by atoms with E-state index < -0.39 is 6.10 Å². The second kappa shape index (κ2) is 8.60. The quantitative estimate of drug-likeness (QED) is 0.762. The number of amides is 1. The molecule has 0 fully saturated rings. The molecule has 1 aliphatic rings. The molecule has 0 radical (unpaired) electrons. The van der Waals surface area contributed by atoms with E-state index in [1.807, 2.05) is 26.0 Å². The zero-order chi connectivity index (χ0) is 19.4. The predicted molar refractivity (Wildman–Crippen MR) is 110 cm³/mol. The number of nitrogens with one attached hydrogen (secondary N) is 1. The van der Waals surface area contributed by atoms with E-state index in [0.717, 1.165) is 24.2 Å². The molecule has 0 aliphatic heterocycles. The fourth-order valence-corrected chi connectivity index (χ4v) is 3.78. The van der Waals surface area contributed by atoms with Crippen LogP contribution in [0, 0.1) is 13.8 Å². The van der Waals surface area contributed by atoms with E-state index in [2.05, 4.69) is 43.4 Å². The van der Waals surface area contributed by atoms with E-state index in [-0.39, 0.29) is 11.9 Å². The van der Waals surface area contributed by atoms with Crippen LogP contribution >= 0.6 is 0 Å². The fraction of sp³-hybridized carbons (Fsp3) is 0.458. The summed E-state index contributed by atoms with van der Waals surface area (Å²) in [7, 11) is 0. The first-order chi connectivity index (χ1) is 13.0. The lowest BCUT2D eigenvalue weighted by Gasteiger charge is -2.24. The molecule has 2 atom stereocenters. The molecule has 0 bridgehead atoms. The van der Waals surface area contributed by atoms with Gasteiger partial charge in [0.2, 0.25) is 0 Å². The summed E-state index contributed by atoms with van der Waals surface area (Å²) in [4.78, 5) is 12.7. The number of aryl methyl sites for hydroxylation is 3. The Morgan fingerprint density at radius 2 is 1.85 bits per heavy atom. The average Bonchev–Trinajstić information content (AvgIpc) is 2.69. The van der Waals surface area contributed by atoms with Crippen molar-refractivity contribution in [1.82, 2.24) is 5.32 Å². The predicted octanol–water partition coefficient (Wildman–Crippen LogP) is 5.22.